The van der Waals surface area contributed by atoms with Crippen molar-refractivity contribution in [2.75, 3.05) is 13.1 Å². The van der Waals surface area contributed by atoms with Crippen LogP contribution in [0.4, 0.5) is 0 Å². The molecule has 1 N–H and O–H groups in total. The van der Waals surface area contributed by atoms with E-state index in [1.807, 2.05) is 25.7 Å². The summed E-state index contributed by atoms with van der Waals surface area (Å²) in [5, 5.41) is 10.0. The number of rotatable bonds is 2. The number of fused-ring (bicyclic) bond motifs is 1. The number of ether oxygens (including phenoxy) is 1. The van der Waals surface area contributed by atoms with Crippen molar-refractivity contribution < 1.29 is 14.6 Å². The third-order valence-electron chi connectivity index (χ3n) is 4.65. The summed E-state index contributed by atoms with van der Waals surface area (Å²) < 4.78 is 5.50. The Bertz CT molecular complexity index is 419. The molecule has 1 saturated carbocycles. The quantitative estimate of drug-likeness (QED) is 0.804. The van der Waals surface area contributed by atoms with Gasteiger partial charge in [-0.05, 0) is 32.6 Å². The molecule has 0 radical (unpaired) electrons. The largest absolute Gasteiger partial charge is 0.475 e. The molecule has 2 heterocycles. The monoisotopic (exact) mass is 266 g/mol. The number of nitrogens with zero attached hydrogens (tertiary/aromatic N) is 2. The van der Waals surface area contributed by atoms with Gasteiger partial charge in [0.2, 0.25) is 5.91 Å². The van der Waals surface area contributed by atoms with Crippen molar-refractivity contribution in [2.24, 2.45) is 16.8 Å². The maximum atomic E-state index is 12.4. The van der Waals surface area contributed by atoms with E-state index < -0.39 is 5.60 Å². The maximum absolute atomic E-state index is 12.4. The second kappa shape index (κ2) is 4.20. The van der Waals surface area contributed by atoms with Gasteiger partial charge in [0.15, 0.2) is 5.90 Å². The average Bonchev–Trinajstić information content (AvgIpc) is 2.85. The predicted molar refractivity (Wildman–Crippen MR) is 70.9 cm³/mol. The molecule has 3 atom stereocenters. The number of piperidine rings is 1. The topological polar surface area (TPSA) is 62.1 Å². The van der Waals surface area contributed by atoms with Gasteiger partial charge in [0.05, 0.1) is 5.60 Å². The van der Waals surface area contributed by atoms with Crippen molar-refractivity contribution in [1.82, 2.24) is 4.90 Å². The van der Waals surface area contributed by atoms with Crippen LogP contribution in [-0.4, -0.2) is 52.6 Å². The highest BCUT2D eigenvalue weighted by molar-refractivity contribution is 5.88. The van der Waals surface area contributed by atoms with Gasteiger partial charge in [-0.1, -0.05) is 0 Å². The van der Waals surface area contributed by atoms with Gasteiger partial charge in [0, 0.05) is 20.0 Å². The molecule has 3 rings (SSSR count). The molecule has 1 saturated heterocycles. The van der Waals surface area contributed by atoms with Gasteiger partial charge in [-0.2, -0.15) is 0 Å². The summed E-state index contributed by atoms with van der Waals surface area (Å²) >= 11 is 0. The van der Waals surface area contributed by atoms with Crippen LogP contribution in [0, 0.1) is 11.8 Å². The molecule has 0 aromatic rings. The second-order valence-corrected chi connectivity index (χ2v) is 6.50. The van der Waals surface area contributed by atoms with Crippen LogP contribution in [0.3, 0.4) is 0 Å². The molecule has 5 heteroatoms. The Morgan fingerprint density at radius 3 is 2.53 bits per heavy atom. The van der Waals surface area contributed by atoms with E-state index in [0.717, 1.165) is 25.9 Å². The zero-order valence-electron chi connectivity index (χ0n) is 11.8. The lowest BCUT2D eigenvalue weighted by Gasteiger charge is -2.37. The minimum absolute atomic E-state index is 0.000457. The third-order valence-corrected chi connectivity index (χ3v) is 4.65. The van der Waals surface area contributed by atoms with E-state index in [-0.39, 0.29) is 29.9 Å². The highest BCUT2D eigenvalue weighted by Gasteiger charge is 2.62. The Morgan fingerprint density at radius 1 is 1.42 bits per heavy atom. The Labute approximate surface area is 113 Å². The first-order chi connectivity index (χ1) is 8.88. The second-order valence-electron chi connectivity index (χ2n) is 6.50. The van der Waals surface area contributed by atoms with E-state index in [2.05, 4.69) is 4.99 Å². The van der Waals surface area contributed by atoms with Crippen LogP contribution in [0.5, 0.6) is 0 Å². The van der Waals surface area contributed by atoms with Gasteiger partial charge in [-0.15, -0.1) is 0 Å². The molecular formula is C14H22N2O3. The van der Waals surface area contributed by atoms with Crippen molar-refractivity contribution in [3.05, 3.63) is 0 Å². The van der Waals surface area contributed by atoms with Crippen LogP contribution >= 0.6 is 0 Å². The SMILES string of the molecule is CC1=NC2C(O1)C2C(=O)N1CCC(C(C)(C)O)CC1. The number of likely N-dealkylation sites (tertiary alicyclic amines) is 1. The molecule has 3 aliphatic rings. The Hall–Kier alpha value is -1.10. The molecule has 5 nitrogen and oxygen atoms in total. The van der Waals surface area contributed by atoms with Crippen molar-refractivity contribution >= 4 is 11.8 Å². The predicted octanol–water partition coefficient (Wildman–Crippen LogP) is 0.811. The van der Waals surface area contributed by atoms with Crippen LogP contribution in [0.1, 0.15) is 33.6 Å². The summed E-state index contributed by atoms with van der Waals surface area (Å²) in [7, 11) is 0. The molecule has 3 unspecified atom stereocenters. The molecule has 2 fully saturated rings. The summed E-state index contributed by atoms with van der Waals surface area (Å²) in [6.07, 6.45) is 1.75. The minimum atomic E-state index is -0.643. The number of carbonyl (C=O) groups excluding carboxylic acids is 1. The molecule has 1 aliphatic carbocycles. The molecule has 0 aromatic carbocycles. The van der Waals surface area contributed by atoms with Gasteiger partial charge in [-0.3, -0.25) is 4.79 Å². The number of carbonyl (C=O) groups is 1. The average molecular weight is 266 g/mol. The molecule has 0 spiro atoms. The molecule has 2 aliphatic heterocycles. The maximum Gasteiger partial charge on any atom is 0.231 e. The first-order valence-corrected chi connectivity index (χ1v) is 7.10. The highest BCUT2D eigenvalue weighted by Crippen LogP contribution is 2.44. The first kappa shape index (κ1) is 12.9. The first-order valence-electron chi connectivity index (χ1n) is 7.10. The summed E-state index contributed by atoms with van der Waals surface area (Å²) in [5.41, 5.74) is -0.643. The van der Waals surface area contributed by atoms with E-state index in [0.29, 0.717) is 5.90 Å². The Kier molecular flexibility index (Phi) is 2.85. The van der Waals surface area contributed by atoms with Crippen molar-refractivity contribution in [2.45, 2.75) is 51.4 Å². The lowest BCUT2D eigenvalue weighted by molar-refractivity contribution is -0.136. The van der Waals surface area contributed by atoms with Gasteiger partial charge in [0.1, 0.15) is 18.1 Å². The smallest absolute Gasteiger partial charge is 0.231 e. The van der Waals surface area contributed by atoms with E-state index in [4.69, 9.17) is 4.74 Å². The van der Waals surface area contributed by atoms with Crippen LogP contribution in [0.2, 0.25) is 0 Å². The summed E-state index contributed by atoms with van der Waals surface area (Å²) in [5.74, 6) is 1.12. The van der Waals surface area contributed by atoms with E-state index in [1.165, 1.54) is 0 Å². The van der Waals surface area contributed by atoms with Crippen molar-refractivity contribution in [1.29, 1.82) is 0 Å². The van der Waals surface area contributed by atoms with E-state index in [1.54, 1.807) is 0 Å². The Morgan fingerprint density at radius 2 is 2.05 bits per heavy atom. The normalized spacial score (nSPS) is 34.6. The zero-order chi connectivity index (χ0) is 13.8. The van der Waals surface area contributed by atoms with Crippen LogP contribution in [-0.2, 0) is 9.53 Å². The fourth-order valence-corrected chi connectivity index (χ4v) is 3.31. The fourth-order valence-electron chi connectivity index (χ4n) is 3.31. The molecule has 19 heavy (non-hydrogen) atoms. The van der Waals surface area contributed by atoms with Crippen LogP contribution in [0.25, 0.3) is 0 Å². The van der Waals surface area contributed by atoms with E-state index in [9.17, 15) is 9.90 Å². The summed E-state index contributed by atoms with van der Waals surface area (Å²) in [4.78, 5) is 18.6. The van der Waals surface area contributed by atoms with Gasteiger partial charge < -0.3 is 14.7 Å². The highest BCUT2D eigenvalue weighted by atomic mass is 16.5. The van der Waals surface area contributed by atoms with Crippen LogP contribution < -0.4 is 0 Å². The van der Waals surface area contributed by atoms with Crippen LogP contribution in [0.15, 0.2) is 4.99 Å². The minimum Gasteiger partial charge on any atom is -0.475 e. The van der Waals surface area contributed by atoms with E-state index >= 15 is 0 Å². The number of aliphatic imine (C=N–C) groups is 1. The van der Waals surface area contributed by atoms with Gasteiger partial charge >= 0.3 is 0 Å². The third kappa shape index (κ3) is 2.24. The van der Waals surface area contributed by atoms with Gasteiger partial charge in [0.25, 0.3) is 0 Å². The fraction of sp³-hybridized carbons (Fsp3) is 0.857. The number of aliphatic hydroxyl groups is 1. The van der Waals surface area contributed by atoms with Gasteiger partial charge in [-0.25, -0.2) is 4.99 Å². The van der Waals surface area contributed by atoms with Crippen molar-refractivity contribution in [3.63, 3.8) is 0 Å². The number of amides is 1. The summed E-state index contributed by atoms with van der Waals surface area (Å²) in [6, 6.07) is 0.0690. The Balaban J connectivity index is 1.54. The summed E-state index contributed by atoms with van der Waals surface area (Å²) in [6.45, 7) is 7.03. The standard InChI is InChI=1S/C14H22N2O3/c1-8-15-11-10(12(11)19-8)13(17)16-6-4-9(5-7-16)14(2,3)18/h9-12,18H,4-7H2,1-3H3. The lowest BCUT2D eigenvalue weighted by atomic mass is 9.83. The molecule has 0 aromatic heterocycles. The molecule has 1 amide bonds. The molecule has 0 bridgehead atoms. The number of hydrogen-bond donors (Lipinski definition) is 1. The molecular weight excluding hydrogens is 244 g/mol. The van der Waals surface area contributed by atoms with Crippen molar-refractivity contribution in [3.8, 4) is 0 Å². The molecule has 106 valence electrons. The zero-order valence-corrected chi connectivity index (χ0v) is 11.8. The number of hydrogen-bond acceptors (Lipinski definition) is 4. The lowest BCUT2D eigenvalue weighted by Crippen LogP contribution is -2.45.